The lowest BCUT2D eigenvalue weighted by Crippen LogP contribution is -2.29. The van der Waals surface area contributed by atoms with Crippen LogP contribution in [-0.4, -0.2) is 19.3 Å². The number of nitriles is 1. The standard InChI is InChI=1S/C14H17FN2O/c1-10-4-5-13(15)12(7-10)14(8-16)17-9-11-3-2-6-18-11/h4-5,7,11,14,17H,2-3,6,9H2,1H3. The van der Waals surface area contributed by atoms with Gasteiger partial charge in [-0.3, -0.25) is 5.32 Å². The molecule has 3 nitrogen and oxygen atoms in total. The number of benzene rings is 1. The van der Waals surface area contributed by atoms with Crippen LogP contribution in [0.1, 0.15) is 30.0 Å². The van der Waals surface area contributed by atoms with E-state index in [0.717, 1.165) is 25.0 Å². The topological polar surface area (TPSA) is 45.0 Å². The number of nitrogens with one attached hydrogen (secondary N) is 1. The Kier molecular flexibility index (Phi) is 4.29. The van der Waals surface area contributed by atoms with Crippen molar-refractivity contribution >= 4 is 0 Å². The van der Waals surface area contributed by atoms with E-state index in [1.54, 1.807) is 12.1 Å². The van der Waals surface area contributed by atoms with Gasteiger partial charge in [0.05, 0.1) is 12.2 Å². The van der Waals surface area contributed by atoms with Crippen molar-refractivity contribution < 1.29 is 9.13 Å². The molecule has 1 fully saturated rings. The Morgan fingerprint density at radius 1 is 1.61 bits per heavy atom. The number of nitrogens with zero attached hydrogens (tertiary/aromatic N) is 1. The number of rotatable bonds is 4. The lowest BCUT2D eigenvalue weighted by molar-refractivity contribution is 0.109. The van der Waals surface area contributed by atoms with Gasteiger partial charge in [-0.25, -0.2) is 4.39 Å². The van der Waals surface area contributed by atoms with Crippen molar-refractivity contribution in [2.75, 3.05) is 13.2 Å². The quantitative estimate of drug-likeness (QED) is 0.890. The molecule has 1 saturated heterocycles. The largest absolute Gasteiger partial charge is 0.377 e. The zero-order valence-corrected chi connectivity index (χ0v) is 10.4. The second kappa shape index (κ2) is 5.94. The first-order valence-corrected chi connectivity index (χ1v) is 6.21. The predicted molar refractivity (Wildman–Crippen MR) is 66.5 cm³/mol. The minimum Gasteiger partial charge on any atom is -0.377 e. The van der Waals surface area contributed by atoms with Crippen LogP contribution < -0.4 is 5.32 Å². The van der Waals surface area contributed by atoms with Crippen LogP contribution in [0.25, 0.3) is 0 Å². The van der Waals surface area contributed by atoms with E-state index < -0.39 is 6.04 Å². The molecule has 0 radical (unpaired) electrons. The molecule has 18 heavy (non-hydrogen) atoms. The van der Waals surface area contributed by atoms with Gasteiger partial charge in [0.25, 0.3) is 0 Å². The highest BCUT2D eigenvalue weighted by atomic mass is 19.1. The molecule has 1 aromatic carbocycles. The molecule has 2 atom stereocenters. The molecule has 96 valence electrons. The van der Waals surface area contributed by atoms with Gasteiger partial charge in [-0.05, 0) is 25.8 Å². The highest BCUT2D eigenvalue weighted by Gasteiger charge is 2.19. The molecular weight excluding hydrogens is 231 g/mol. The van der Waals surface area contributed by atoms with Gasteiger partial charge in [0.1, 0.15) is 11.9 Å². The van der Waals surface area contributed by atoms with E-state index in [0.29, 0.717) is 12.1 Å². The van der Waals surface area contributed by atoms with Gasteiger partial charge in [-0.2, -0.15) is 5.26 Å². The lowest BCUT2D eigenvalue weighted by Gasteiger charge is -2.16. The summed E-state index contributed by atoms with van der Waals surface area (Å²) in [4.78, 5) is 0. The van der Waals surface area contributed by atoms with E-state index in [9.17, 15) is 4.39 Å². The van der Waals surface area contributed by atoms with Gasteiger partial charge in [0.15, 0.2) is 0 Å². The molecule has 2 unspecified atom stereocenters. The van der Waals surface area contributed by atoms with Crippen LogP contribution in [0.3, 0.4) is 0 Å². The molecule has 0 aliphatic carbocycles. The molecule has 0 saturated carbocycles. The maximum absolute atomic E-state index is 13.7. The Bertz CT molecular complexity index is 450. The van der Waals surface area contributed by atoms with Crippen LogP contribution in [0.2, 0.25) is 0 Å². The third kappa shape index (κ3) is 3.06. The molecule has 1 aromatic rings. The van der Waals surface area contributed by atoms with Gasteiger partial charge >= 0.3 is 0 Å². The number of hydrogen-bond donors (Lipinski definition) is 1. The zero-order chi connectivity index (χ0) is 13.0. The van der Waals surface area contributed by atoms with Crippen LogP contribution >= 0.6 is 0 Å². The Morgan fingerprint density at radius 3 is 3.11 bits per heavy atom. The Balaban J connectivity index is 2.03. The van der Waals surface area contributed by atoms with Crippen LogP contribution in [0.5, 0.6) is 0 Å². The van der Waals surface area contributed by atoms with Crippen molar-refractivity contribution in [1.29, 1.82) is 5.26 Å². The molecular formula is C14H17FN2O. The fraction of sp³-hybridized carbons (Fsp3) is 0.500. The van der Waals surface area contributed by atoms with Crippen LogP contribution in [0.15, 0.2) is 18.2 Å². The van der Waals surface area contributed by atoms with E-state index in [2.05, 4.69) is 11.4 Å². The van der Waals surface area contributed by atoms with Crippen molar-refractivity contribution in [3.05, 3.63) is 35.1 Å². The molecule has 0 amide bonds. The first-order valence-electron chi connectivity index (χ1n) is 6.21. The SMILES string of the molecule is Cc1ccc(F)c(C(C#N)NCC2CCCO2)c1. The molecule has 0 aromatic heterocycles. The monoisotopic (exact) mass is 248 g/mol. The number of halogens is 1. The van der Waals surface area contributed by atoms with Gasteiger partial charge in [0, 0.05) is 18.7 Å². The molecule has 1 aliphatic rings. The smallest absolute Gasteiger partial charge is 0.129 e. The Labute approximate surface area is 107 Å². The van der Waals surface area contributed by atoms with Gasteiger partial charge in [-0.1, -0.05) is 17.7 Å². The second-order valence-electron chi connectivity index (χ2n) is 4.63. The van der Waals surface area contributed by atoms with Crippen LogP contribution in [0, 0.1) is 24.1 Å². The Morgan fingerprint density at radius 2 is 2.44 bits per heavy atom. The summed E-state index contributed by atoms with van der Waals surface area (Å²) in [5.74, 6) is -0.341. The summed E-state index contributed by atoms with van der Waals surface area (Å²) in [6.07, 6.45) is 2.21. The van der Waals surface area contributed by atoms with Gasteiger partial charge in [0.2, 0.25) is 0 Å². The van der Waals surface area contributed by atoms with Crippen molar-refractivity contribution in [1.82, 2.24) is 5.32 Å². The van der Waals surface area contributed by atoms with Crippen molar-refractivity contribution in [2.45, 2.75) is 31.9 Å². The van der Waals surface area contributed by atoms with Crippen molar-refractivity contribution in [3.63, 3.8) is 0 Å². The second-order valence-corrected chi connectivity index (χ2v) is 4.63. The highest BCUT2D eigenvalue weighted by molar-refractivity contribution is 5.30. The predicted octanol–water partition coefficient (Wildman–Crippen LogP) is 2.47. The summed E-state index contributed by atoms with van der Waals surface area (Å²) in [5, 5.41) is 12.2. The first kappa shape index (κ1) is 13.0. The summed E-state index contributed by atoms with van der Waals surface area (Å²) in [6, 6.07) is 6.31. The van der Waals surface area contributed by atoms with E-state index in [1.165, 1.54) is 6.07 Å². The molecule has 1 heterocycles. The fourth-order valence-electron chi connectivity index (χ4n) is 2.16. The number of ether oxygens (including phenoxy) is 1. The van der Waals surface area contributed by atoms with Crippen molar-refractivity contribution in [2.24, 2.45) is 0 Å². The van der Waals surface area contributed by atoms with Crippen LogP contribution in [-0.2, 0) is 4.74 Å². The first-order chi connectivity index (χ1) is 8.70. The maximum atomic E-state index is 13.7. The number of hydrogen-bond acceptors (Lipinski definition) is 3. The van der Waals surface area contributed by atoms with E-state index in [-0.39, 0.29) is 11.9 Å². The normalized spacial score (nSPS) is 20.6. The molecule has 1 aliphatic heterocycles. The molecule has 4 heteroatoms. The lowest BCUT2D eigenvalue weighted by atomic mass is 10.0. The van der Waals surface area contributed by atoms with E-state index in [4.69, 9.17) is 10.00 Å². The molecule has 1 N–H and O–H groups in total. The summed E-state index contributed by atoms with van der Waals surface area (Å²) in [7, 11) is 0. The van der Waals surface area contributed by atoms with Gasteiger partial charge in [-0.15, -0.1) is 0 Å². The van der Waals surface area contributed by atoms with Gasteiger partial charge < -0.3 is 4.74 Å². The van der Waals surface area contributed by atoms with Crippen molar-refractivity contribution in [3.8, 4) is 6.07 Å². The van der Waals surface area contributed by atoms with E-state index >= 15 is 0 Å². The third-order valence-electron chi connectivity index (χ3n) is 3.17. The fourth-order valence-corrected chi connectivity index (χ4v) is 2.16. The summed E-state index contributed by atoms with van der Waals surface area (Å²) < 4.78 is 19.2. The average Bonchev–Trinajstić information content (AvgIpc) is 2.87. The third-order valence-corrected chi connectivity index (χ3v) is 3.17. The zero-order valence-electron chi connectivity index (χ0n) is 10.4. The van der Waals surface area contributed by atoms with Crippen LogP contribution in [0.4, 0.5) is 4.39 Å². The molecule has 0 bridgehead atoms. The number of aryl methyl sites for hydroxylation is 1. The summed E-state index contributed by atoms with van der Waals surface area (Å²) in [6.45, 7) is 3.26. The molecule has 2 rings (SSSR count). The molecule has 0 spiro atoms. The highest BCUT2D eigenvalue weighted by Crippen LogP contribution is 2.19. The average molecular weight is 248 g/mol. The minimum atomic E-state index is -0.617. The minimum absolute atomic E-state index is 0.147. The van der Waals surface area contributed by atoms with E-state index in [1.807, 2.05) is 6.92 Å². The summed E-state index contributed by atoms with van der Waals surface area (Å²) >= 11 is 0. The Hall–Kier alpha value is -1.44. The maximum Gasteiger partial charge on any atom is 0.129 e. The summed E-state index contributed by atoms with van der Waals surface area (Å²) in [5.41, 5.74) is 1.36.